The van der Waals surface area contributed by atoms with Crippen molar-refractivity contribution in [2.24, 2.45) is 0 Å². The Morgan fingerprint density at radius 2 is 2.00 bits per heavy atom. The van der Waals surface area contributed by atoms with Crippen LogP contribution in [0, 0.1) is 0 Å². The predicted octanol–water partition coefficient (Wildman–Crippen LogP) is 2.09. The molecule has 0 aliphatic rings. The van der Waals surface area contributed by atoms with Gasteiger partial charge in [-0.1, -0.05) is 0 Å². The zero-order valence-corrected chi connectivity index (χ0v) is 13.7. The van der Waals surface area contributed by atoms with Gasteiger partial charge in [0.1, 0.15) is 5.75 Å². The van der Waals surface area contributed by atoms with Crippen LogP contribution in [0.25, 0.3) is 0 Å². The van der Waals surface area contributed by atoms with E-state index in [9.17, 15) is 8.42 Å². The Morgan fingerprint density at radius 3 is 2.50 bits per heavy atom. The first-order chi connectivity index (χ1) is 9.38. The maximum Gasteiger partial charge on any atom is 0.243 e. The average molecular weight is 322 g/mol. The molecule has 0 saturated heterocycles. The highest BCUT2D eigenvalue weighted by molar-refractivity contribution is 7.89. The molecular weight excluding hydrogens is 302 g/mol. The van der Waals surface area contributed by atoms with Crippen LogP contribution in [0.5, 0.6) is 5.75 Å². The van der Waals surface area contributed by atoms with Crippen molar-refractivity contribution in [3.8, 4) is 5.75 Å². The second-order valence-corrected chi connectivity index (χ2v) is 6.70. The topological polar surface area (TPSA) is 55.8 Å². The Hall–Kier alpha value is -0.820. The highest BCUT2D eigenvalue weighted by Gasteiger charge is 2.26. The molecule has 1 rings (SSSR count). The van der Waals surface area contributed by atoms with E-state index in [1.165, 1.54) is 37.7 Å². The Bertz CT molecular complexity index is 547. The number of methoxy groups -OCH3 is 2. The van der Waals surface area contributed by atoms with E-state index < -0.39 is 10.0 Å². The van der Waals surface area contributed by atoms with Gasteiger partial charge in [-0.05, 0) is 25.1 Å². The standard InChI is InChI=1S/C13H20ClNO4S/c1-10(9-18-3)15(2)20(16,17)12-5-6-13(19-4)11(7-12)8-14/h5-7,10H,8-9H2,1-4H3. The first-order valence-corrected chi connectivity index (χ1v) is 8.05. The molecule has 0 bridgehead atoms. The second-order valence-electron chi connectivity index (χ2n) is 4.43. The quantitative estimate of drug-likeness (QED) is 0.722. The minimum Gasteiger partial charge on any atom is -0.496 e. The average Bonchev–Trinajstić information content (AvgIpc) is 2.45. The van der Waals surface area contributed by atoms with Gasteiger partial charge in [-0.2, -0.15) is 4.31 Å². The SMILES string of the molecule is COCC(C)N(C)S(=O)(=O)c1ccc(OC)c(CCl)c1. The van der Waals surface area contributed by atoms with Crippen molar-refractivity contribution in [3.63, 3.8) is 0 Å². The van der Waals surface area contributed by atoms with Gasteiger partial charge in [0.2, 0.25) is 10.0 Å². The van der Waals surface area contributed by atoms with Crippen LogP contribution in [0.2, 0.25) is 0 Å². The second kappa shape index (κ2) is 7.26. The van der Waals surface area contributed by atoms with Crippen molar-refractivity contribution in [2.45, 2.75) is 23.7 Å². The van der Waals surface area contributed by atoms with Gasteiger partial charge in [-0.3, -0.25) is 0 Å². The summed E-state index contributed by atoms with van der Waals surface area (Å²) in [5, 5.41) is 0. The monoisotopic (exact) mass is 321 g/mol. The minimum absolute atomic E-state index is 0.184. The summed E-state index contributed by atoms with van der Waals surface area (Å²) in [6.07, 6.45) is 0. The number of rotatable bonds is 7. The van der Waals surface area contributed by atoms with Gasteiger partial charge in [0.25, 0.3) is 0 Å². The largest absolute Gasteiger partial charge is 0.496 e. The summed E-state index contributed by atoms with van der Waals surface area (Å²) in [4.78, 5) is 0.194. The first kappa shape index (κ1) is 17.2. The number of hydrogen-bond donors (Lipinski definition) is 0. The Morgan fingerprint density at radius 1 is 1.35 bits per heavy atom. The van der Waals surface area contributed by atoms with Gasteiger partial charge >= 0.3 is 0 Å². The van der Waals surface area contributed by atoms with Crippen molar-refractivity contribution in [3.05, 3.63) is 23.8 Å². The molecule has 114 valence electrons. The molecule has 0 spiro atoms. The highest BCUT2D eigenvalue weighted by Crippen LogP contribution is 2.26. The van der Waals surface area contributed by atoms with Crippen molar-refractivity contribution in [1.82, 2.24) is 4.31 Å². The van der Waals surface area contributed by atoms with Crippen molar-refractivity contribution < 1.29 is 17.9 Å². The number of hydrogen-bond acceptors (Lipinski definition) is 4. The molecule has 0 aliphatic heterocycles. The van der Waals surface area contributed by atoms with Gasteiger partial charge in [-0.25, -0.2) is 8.42 Å². The van der Waals surface area contributed by atoms with Crippen molar-refractivity contribution >= 4 is 21.6 Å². The van der Waals surface area contributed by atoms with E-state index in [0.717, 1.165) is 0 Å². The van der Waals surface area contributed by atoms with E-state index in [1.807, 2.05) is 0 Å². The number of sulfonamides is 1. The van der Waals surface area contributed by atoms with Crippen LogP contribution in [0.1, 0.15) is 12.5 Å². The van der Waals surface area contributed by atoms with Crippen LogP contribution >= 0.6 is 11.6 Å². The lowest BCUT2D eigenvalue weighted by molar-refractivity contribution is 0.149. The van der Waals surface area contributed by atoms with E-state index in [1.54, 1.807) is 13.0 Å². The molecule has 1 aromatic rings. The smallest absolute Gasteiger partial charge is 0.243 e. The van der Waals surface area contributed by atoms with Gasteiger partial charge in [0, 0.05) is 25.8 Å². The number of likely N-dealkylation sites (N-methyl/N-ethyl adjacent to an activating group) is 1. The van der Waals surface area contributed by atoms with Crippen molar-refractivity contribution in [2.75, 3.05) is 27.9 Å². The molecule has 7 heteroatoms. The lowest BCUT2D eigenvalue weighted by Crippen LogP contribution is -2.37. The van der Waals surface area contributed by atoms with Crippen LogP contribution in [0.15, 0.2) is 23.1 Å². The molecular formula is C13H20ClNO4S. The molecule has 0 fully saturated rings. The fraction of sp³-hybridized carbons (Fsp3) is 0.538. The third-order valence-electron chi connectivity index (χ3n) is 3.10. The summed E-state index contributed by atoms with van der Waals surface area (Å²) >= 11 is 5.82. The van der Waals surface area contributed by atoms with Gasteiger partial charge in [0.05, 0.1) is 24.5 Å². The molecule has 1 unspecified atom stereocenters. The van der Waals surface area contributed by atoms with E-state index in [4.69, 9.17) is 21.1 Å². The summed E-state index contributed by atoms with van der Waals surface area (Å²) in [6, 6.07) is 4.41. The normalized spacial score (nSPS) is 13.5. The van der Waals surface area contributed by atoms with Crippen LogP contribution < -0.4 is 4.74 Å². The summed E-state index contributed by atoms with van der Waals surface area (Å²) in [7, 11) is 1.01. The maximum atomic E-state index is 12.5. The maximum absolute atomic E-state index is 12.5. The van der Waals surface area contributed by atoms with E-state index in [2.05, 4.69) is 0 Å². The third kappa shape index (κ3) is 3.63. The first-order valence-electron chi connectivity index (χ1n) is 6.08. The van der Waals surface area contributed by atoms with Crippen LogP contribution in [0.4, 0.5) is 0 Å². The van der Waals surface area contributed by atoms with Gasteiger partial charge in [0.15, 0.2) is 0 Å². The third-order valence-corrected chi connectivity index (χ3v) is 5.36. The van der Waals surface area contributed by atoms with Crippen LogP contribution in [0.3, 0.4) is 0 Å². The number of halogens is 1. The molecule has 1 aromatic carbocycles. The van der Waals surface area contributed by atoms with E-state index in [0.29, 0.717) is 17.9 Å². The zero-order chi connectivity index (χ0) is 15.3. The summed E-state index contributed by atoms with van der Waals surface area (Å²) in [5.41, 5.74) is 0.642. The van der Waals surface area contributed by atoms with Crippen LogP contribution in [-0.4, -0.2) is 46.6 Å². The van der Waals surface area contributed by atoms with Crippen molar-refractivity contribution in [1.29, 1.82) is 0 Å². The molecule has 0 saturated carbocycles. The highest BCUT2D eigenvalue weighted by atomic mass is 35.5. The lowest BCUT2D eigenvalue weighted by Gasteiger charge is -2.24. The number of nitrogens with zero attached hydrogens (tertiary/aromatic N) is 1. The van der Waals surface area contributed by atoms with Gasteiger partial charge in [-0.15, -0.1) is 11.6 Å². The number of ether oxygens (including phenoxy) is 2. The molecule has 0 aliphatic carbocycles. The number of alkyl halides is 1. The predicted molar refractivity (Wildman–Crippen MR) is 78.8 cm³/mol. The molecule has 0 N–H and O–H groups in total. The summed E-state index contributed by atoms with van der Waals surface area (Å²) in [5.74, 6) is 0.760. The van der Waals surface area contributed by atoms with E-state index >= 15 is 0 Å². The summed E-state index contributed by atoms with van der Waals surface area (Å²) < 4.78 is 36.4. The Kier molecular flexibility index (Phi) is 6.26. The Balaban J connectivity index is 3.15. The summed E-state index contributed by atoms with van der Waals surface area (Å²) in [6.45, 7) is 2.11. The molecule has 5 nitrogen and oxygen atoms in total. The number of benzene rings is 1. The lowest BCUT2D eigenvalue weighted by atomic mass is 10.2. The van der Waals surface area contributed by atoms with E-state index in [-0.39, 0.29) is 16.8 Å². The molecule has 20 heavy (non-hydrogen) atoms. The zero-order valence-electron chi connectivity index (χ0n) is 12.1. The molecule has 1 atom stereocenters. The molecule has 0 heterocycles. The molecule has 0 amide bonds. The molecule has 0 radical (unpaired) electrons. The Labute approximate surface area is 125 Å². The van der Waals surface area contributed by atoms with Gasteiger partial charge < -0.3 is 9.47 Å². The molecule has 0 aromatic heterocycles. The fourth-order valence-electron chi connectivity index (χ4n) is 1.77. The minimum atomic E-state index is -3.58. The fourth-order valence-corrected chi connectivity index (χ4v) is 3.38. The van der Waals surface area contributed by atoms with Crippen LogP contribution in [-0.2, 0) is 20.6 Å².